The van der Waals surface area contributed by atoms with E-state index in [9.17, 15) is 9.59 Å². The van der Waals surface area contributed by atoms with E-state index < -0.39 is 0 Å². The van der Waals surface area contributed by atoms with Gasteiger partial charge in [0.15, 0.2) is 5.65 Å². The van der Waals surface area contributed by atoms with Gasteiger partial charge in [0.05, 0.1) is 18.7 Å². The number of hydrogen-bond donors (Lipinski definition) is 1. The molecular weight excluding hydrogens is 562 g/mol. The lowest BCUT2D eigenvalue weighted by Gasteiger charge is -2.30. The van der Waals surface area contributed by atoms with E-state index in [1.165, 1.54) is 5.56 Å². The highest BCUT2D eigenvalue weighted by Gasteiger charge is 2.26. The first kappa shape index (κ1) is 28.9. The maximum absolute atomic E-state index is 13.3. The molecule has 228 valence electrons. The lowest BCUT2D eigenvalue weighted by atomic mass is 9.84. The zero-order chi connectivity index (χ0) is 31.1. The highest BCUT2D eigenvalue weighted by molar-refractivity contribution is 5.97. The molecule has 45 heavy (non-hydrogen) atoms. The molecule has 7 rings (SSSR count). The van der Waals surface area contributed by atoms with Crippen molar-refractivity contribution in [3.63, 3.8) is 0 Å². The zero-order valence-electron chi connectivity index (χ0n) is 26.0. The van der Waals surface area contributed by atoms with Gasteiger partial charge in [-0.3, -0.25) is 9.59 Å². The van der Waals surface area contributed by atoms with E-state index in [-0.39, 0.29) is 17.2 Å². The Kier molecular flexibility index (Phi) is 7.45. The van der Waals surface area contributed by atoms with Crippen molar-refractivity contribution in [3.8, 4) is 22.5 Å². The fourth-order valence-corrected chi connectivity index (χ4v) is 6.17. The summed E-state index contributed by atoms with van der Waals surface area (Å²) in [5.41, 5.74) is 9.45. The minimum atomic E-state index is 0.0195. The molecule has 5 aromatic rings. The molecule has 8 heteroatoms. The molecule has 0 unspecified atom stereocenters. The van der Waals surface area contributed by atoms with Gasteiger partial charge < -0.3 is 19.5 Å². The fraction of sp³-hybridized carbons (Fsp3) is 0.297. The van der Waals surface area contributed by atoms with Crippen molar-refractivity contribution in [1.82, 2.24) is 24.8 Å². The van der Waals surface area contributed by atoms with Crippen LogP contribution in [0.5, 0.6) is 0 Å². The number of nitrogens with one attached hydrogen (secondary N) is 1. The molecule has 1 saturated heterocycles. The van der Waals surface area contributed by atoms with Gasteiger partial charge >= 0.3 is 0 Å². The number of amides is 2. The van der Waals surface area contributed by atoms with Crippen LogP contribution in [-0.2, 0) is 23.1 Å². The standard InChI is InChI=1S/C37H37N5O3/c1-37(2,3)29-12-13-31-28(22-29)15-17-42(36(31)44)23-24-4-6-25(7-5-24)30-14-16-38-34-32(30)39-33(40-34)26-8-10-27(11-9-26)35(43)41-18-20-45-21-19-41/h4-14,16,22H,15,17-21,23H2,1-3H3,(H,38,39,40). The van der Waals surface area contributed by atoms with Crippen LogP contribution < -0.4 is 0 Å². The van der Waals surface area contributed by atoms with Gasteiger partial charge in [-0.2, -0.15) is 0 Å². The number of benzene rings is 3. The molecule has 8 nitrogen and oxygen atoms in total. The number of fused-ring (bicyclic) bond motifs is 2. The van der Waals surface area contributed by atoms with Crippen LogP contribution in [0.15, 0.2) is 79.0 Å². The SMILES string of the molecule is CC(C)(C)c1ccc2c(c1)CCN(Cc1ccc(-c3ccnc4nc(-c5ccc(C(=O)N6CCOCC6)cc5)[nH]c34)cc1)C2=O. The number of carbonyl (C=O) groups excluding carboxylic acids is 2. The van der Waals surface area contributed by atoms with Crippen LogP contribution in [0.2, 0.25) is 0 Å². The Balaban J connectivity index is 1.07. The van der Waals surface area contributed by atoms with Gasteiger partial charge in [-0.05, 0) is 58.4 Å². The third kappa shape index (κ3) is 5.73. The third-order valence-corrected chi connectivity index (χ3v) is 8.87. The molecule has 4 heterocycles. The van der Waals surface area contributed by atoms with Crippen LogP contribution in [0.25, 0.3) is 33.7 Å². The second-order valence-corrected chi connectivity index (χ2v) is 12.9. The summed E-state index contributed by atoms with van der Waals surface area (Å²) in [5.74, 6) is 0.816. The molecule has 0 bridgehead atoms. The Morgan fingerprint density at radius 2 is 1.62 bits per heavy atom. The van der Waals surface area contributed by atoms with Crippen molar-refractivity contribution in [2.24, 2.45) is 0 Å². The zero-order valence-corrected chi connectivity index (χ0v) is 26.0. The quantitative estimate of drug-likeness (QED) is 0.258. The number of nitrogens with zero attached hydrogens (tertiary/aromatic N) is 4. The summed E-state index contributed by atoms with van der Waals surface area (Å²) in [7, 11) is 0. The van der Waals surface area contributed by atoms with Crippen molar-refractivity contribution >= 4 is 23.0 Å². The number of rotatable bonds is 5. The number of morpholine rings is 1. The van der Waals surface area contributed by atoms with E-state index in [2.05, 4.69) is 67.1 Å². The number of H-pyrrole nitrogens is 1. The molecule has 0 spiro atoms. The predicted octanol–water partition coefficient (Wildman–Crippen LogP) is 6.26. The van der Waals surface area contributed by atoms with Crippen LogP contribution in [0.4, 0.5) is 0 Å². The smallest absolute Gasteiger partial charge is 0.254 e. The molecule has 2 amide bonds. The molecule has 2 aliphatic heterocycles. The van der Waals surface area contributed by atoms with Crippen molar-refractivity contribution < 1.29 is 14.3 Å². The molecule has 0 atom stereocenters. The van der Waals surface area contributed by atoms with E-state index in [1.807, 2.05) is 46.2 Å². The lowest BCUT2D eigenvalue weighted by Crippen LogP contribution is -2.40. The van der Waals surface area contributed by atoms with Crippen LogP contribution in [-0.4, -0.2) is 69.4 Å². The highest BCUT2D eigenvalue weighted by atomic mass is 16.5. The average molecular weight is 600 g/mol. The summed E-state index contributed by atoms with van der Waals surface area (Å²) in [6.07, 6.45) is 2.64. The Labute approximate surface area is 263 Å². The largest absolute Gasteiger partial charge is 0.378 e. The first-order valence-corrected chi connectivity index (χ1v) is 15.6. The Morgan fingerprint density at radius 3 is 2.36 bits per heavy atom. The molecule has 0 aliphatic carbocycles. The van der Waals surface area contributed by atoms with E-state index in [0.717, 1.165) is 45.3 Å². The lowest BCUT2D eigenvalue weighted by molar-refractivity contribution is 0.0303. The molecule has 0 saturated carbocycles. The van der Waals surface area contributed by atoms with Crippen molar-refractivity contribution in [3.05, 3.63) is 107 Å². The number of pyridine rings is 1. The van der Waals surface area contributed by atoms with E-state index in [4.69, 9.17) is 9.72 Å². The molecule has 0 radical (unpaired) electrons. The van der Waals surface area contributed by atoms with Crippen LogP contribution in [0.1, 0.15) is 58.2 Å². The maximum atomic E-state index is 13.3. The minimum absolute atomic E-state index is 0.0195. The van der Waals surface area contributed by atoms with Crippen LogP contribution >= 0.6 is 0 Å². The Morgan fingerprint density at radius 1 is 0.889 bits per heavy atom. The van der Waals surface area contributed by atoms with Gasteiger partial charge in [-0.25, -0.2) is 9.97 Å². The van der Waals surface area contributed by atoms with E-state index in [1.54, 1.807) is 6.20 Å². The number of ether oxygens (including phenoxy) is 1. The predicted molar refractivity (Wildman–Crippen MR) is 175 cm³/mol. The Bertz CT molecular complexity index is 1880. The third-order valence-electron chi connectivity index (χ3n) is 8.87. The molecular formula is C37H37N5O3. The van der Waals surface area contributed by atoms with Gasteiger partial charge in [0, 0.05) is 54.6 Å². The monoisotopic (exact) mass is 599 g/mol. The summed E-state index contributed by atoms with van der Waals surface area (Å²) in [6.45, 7) is 10.3. The molecule has 1 N–H and O–H groups in total. The summed E-state index contributed by atoms with van der Waals surface area (Å²) in [4.78, 5) is 42.7. The maximum Gasteiger partial charge on any atom is 0.254 e. The van der Waals surface area contributed by atoms with Gasteiger partial charge in [0.2, 0.25) is 0 Å². The van der Waals surface area contributed by atoms with Gasteiger partial charge in [0.25, 0.3) is 11.8 Å². The van der Waals surface area contributed by atoms with Crippen molar-refractivity contribution in [1.29, 1.82) is 0 Å². The topological polar surface area (TPSA) is 91.4 Å². The van der Waals surface area contributed by atoms with Crippen LogP contribution in [0.3, 0.4) is 0 Å². The molecule has 1 fully saturated rings. The summed E-state index contributed by atoms with van der Waals surface area (Å²) < 4.78 is 5.37. The van der Waals surface area contributed by atoms with Crippen molar-refractivity contribution in [2.45, 2.75) is 39.2 Å². The van der Waals surface area contributed by atoms with E-state index in [0.29, 0.717) is 56.4 Å². The fourth-order valence-electron chi connectivity index (χ4n) is 6.17. The van der Waals surface area contributed by atoms with Gasteiger partial charge in [-0.15, -0.1) is 0 Å². The first-order chi connectivity index (χ1) is 21.7. The number of imidazole rings is 1. The average Bonchev–Trinajstić information content (AvgIpc) is 3.51. The molecule has 3 aromatic carbocycles. The number of aromatic nitrogens is 3. The van der Waals surface area contributed by atoms with E-state index >= 15 is 0 Å². The number of carbonyl (C=O) groups is 2. The van der Waals surface area contributed by atoms with Crippen molar-refractivity contribution in [2.75, 3.05) is 32.8 Å². The summed E-state index contributed by atoms with van der Waals surface area (Å²) >= 11 is 0. The number of hydrogen-bond acceptors (Lipinski definition) is 5. The first-order valence-electron chi connectivity index (χ1n) is 15.6. The highest BCUT2D eigenvalue weighted by Crippen LogP contribution is 2.31. The van der Waals surface area contributed by atoms with Gasteiger partial charge in [0.1, 0.15) is 5.82 Å². The summed E-state index contributed by atoms with van der Waals surface area (Å²) in [6, 6.07) is 24.2. The molecule has 2 aliphatic rings. The van der Waals surface area contributed by atoms with Crippen LogP contribution in [0, 0.1) is 0 Å². The van der Waals surface area contributed by atoms with Gasteiger partial charge in [-0.1, -0.05) is 69.3 Å². The second kappa shape index (κ2) is 11.6. The second-order valence-electron chi connectivity index (χ2n) is 12.9. The molecule has 2 aromatic heterocycles. The normalized spacial score (nSPS) is 15.4. The summed E-state index contributed by atoms with van der Waals surface area (Å²) in [5, 5.41) is 0. The Hall–Kier alpha value is -4.82. The minimum Gasteiger partial charge on any atom is -0.378 e. The number of aromatic amines is 1.